The number of rotatable bonds is 7. The van der Waals surface area contributed by atoms with Gasteiger partial charge in [-0.3, -0.25) is 9.69 Å². The molecule has 0 aliphatic carbocycles. The highest BCUT2D eigenvalue weighted by Crippen LogP contribution is 2.43. The normalized spacial score (nSPS) is 14.8. The summed E-state index contributed by atoms with van der Waals surface area (Å²) >= 11 is 1.61. The van der Waals surface area contributed by atoms with Crippen molar-refractivity contribution in [3.05, 3.63) is 112 Å². The van der Waals surface area contributed by atoms with Crippen LogP contribution in [0.25, 0.3) is 0 Å². The Morgan fingerprint density at radius 2 is 1.58 bits per heavy atom. The van der Waals surface area contributed by atoms with Gasteiger partial charge in [-0.1, -0.05) is 42.5 Å². The summed E-state index contributed by atoms with van der Waals surface area (Å²) in [5.41, 5.74) is 4.69. The molecule has 5 nitrogen and oxygen atoms in total. The smallest absolute Gasteiger partial charge is 0.256 e. The number of methoxy groups -OCH3 is 1. The second kappa shape index (κ2) is 11.4. The highest BCUT2D eigenvalue weighted by atomic mass is 32.1. The van der Waals surface area contributed by atoms with Crippen molar-refractivity contribution >= 4 is 27.9 Å². The van der Waals surface area contributed by atoms with Crippen LogP contribution >= 0.6 is 11.3 Å². The number of carbonyl (C=O) groups excluding carboxylic acids is 1. The fourth-order valence-electron chi connectivity index (χ4n) is 5.11. The Morgan fingerprint density at radius 3 is 2.24 bits per heavy atom. The van der Waals surface area contributed by atoms with E-state index in [-0.39, 0.29) is 17.8 Å². The van der Waals surface area contributed by atoms with Gasteiger partial charge in [0.2, 0.25) is 0 Å². The number of thiophene rings is 1. The van der Waals surface area contributed by atoms with Gasteiger partial charge in [-0.2, -0.15) is 0 Å². The van der Waals surface area contributed by atoms with Gasteiger partial charge in [-0.25, -0.2) is 4.39 Å². The Balaban J connectivity index is 1.49. The molecule has 1 aliphatic heterocycles. The largest absolute Gasteiger partial charge is 0.497 e. The number of amides is 1. The maximum atomic E-state index is 14.5. The molecule has 1 N–H and O–H groups in total. The Hall–Kier alpha value is -3.68. The molecule has 0 radical (unpaired) electrons. The first-order valence-corrected chi connectivity index (χ1v) is 13.6. The Labute approximate surface area is 227 Å². The maximum absolute atomic E-state index is 14.5. The molecule has 1 aromatic heterocycles. The first kappa shape index (κ1) is 25.9. The Kier molecular flexibility index (Phi) is 7.77. The molecule has 2 heterocycles. The van der Waals surface area contributed by atoms with Crippen LogP contribution < -0.4 is 15.0 Å². The van der Waals surface area contributed by atoms with Crippen LogP contribution in [-0.2, 0) is 0 Å². The Bertz CT molecular complexity index is 1400. The Morgan fingerprint density at radius 1 is 0.921 bits per heavy atom. The monoisotopic (exact) mass is 529 g/mol. The zero-order valence-electron chi connectivity index (χ0n) is 21.9. The molecule has 1 saturated heterocycles. The molecule has 0 saturated carbocycles. The molecule has 1 atom stereocenters. The molecule has 0 bridgehead atoms. The van der Waals surface area contributed by atoms with Crippen molar-refractivity contribution in [3.8, 4) is 5.75 Å². The highest BCUT2D eigenvalue weighted by molar-refractivity contribution is 7.16. The lowest BCUT2D eigenvalue weighted by molar-refractivity contribution is 0.102. The van der Waals surface area contributed by atoms with Crippen molar-refractivity contribution in [1.82, 2.24) is 4.90 Å². The lowest BCUT2D eigenvalue weighted by Crippen LogP contribution is -2.48. The van der Waals surface area contributed by atoms with E-state index in [1.54, 1.807) is 24.5 Å². The van der Waals surface area contributed by atoms with Crippen LogP contribution in [0.4, 0.5) is 15.1 Å². The van der Waals surface area contributed by atoms with Crippen molar-refractivity contribution in [3.63, 3.8) is 0 Å². The molecule has 0 unspecified atom stereocenters. The van der Waals surface area contributed by atoms with Gasteiger partial charge in [-0.05, 0) is 61.4 Å². The number of ether oxygens (including phenoxy) is 1. The number of piperazine rings is 1. The second-order valence-electron chi connectivity index (χ2n) is 9.50. The molecule has 1 amide bonds. The quantitative estimate of drug-likeness (QED) is 0.290. The number of benzene rings is 3. The summed E-state index contributed by atoms with van der Waals surface area (Å²) in [6, 6.07) is 24.3. The fourth-order valence-corrected chi connectivity index (χ4v) is 6.19. The SMILES string of the molecule is COc1ccc([C@H](c2c(NC(=O)c3ccccc3)sc(C)c2C)N2CCN(c3ccccc3F)CC2)cc1. The third-order valence-electron chi connectivity index (χ3n) is 7.27. The first-order chi connectivity index (χ1) is 18.5. The summed E-state index contributed by atoms with van der Waals surface area (Å²) < 4.78 is 19.9. The predicted molar refractivity (Wildman–Crippen MR) is 153 cm³/mol. The standard InChI is InChI=1S/C31H32FN3O2S/c1-21-22(2)38-31(33-30(36)24-9-5-4-6-10-24)28(21)29(23-13-15-25(37-3)16-14-23)35-19-17-34(18-20-35)27-12-8-7-11-26(27)32/h4-16,29H,17-20H2,1-3H3,(H,33,36)/t29-/m1/s1. The zero-order chi connectivity index (χ0) is 26.6. The van der Waals surface area contributed by atoms with Crippen molar-refractivity contribution in [1.29, 1.82) is 0 Å². The van der Waals surface area contributed by atoms with E-state index in [1.165, 1.54) is 16.5 Å². The minimum atomic E-state index is -0.192. The van der Waals surface area contributed by atoms with Crippen LogP contribution in [0.3, 0.4) is 0 Å². The van der Waals surface area contributed by atoms with Crippen molar-refractivity contribution in [2.75, 3.05) is 43.5 Å². The van der Waals surface area contributed by atoms with Crippen LogP contribution in [0, 0.1) is 19.7 Å². The summed E-state index contributed by atoms with van der Waals surface area (Å²) in [7, 11) is 1.66. The van der Waals surface area contributed by atoms with E-state index in [4.69, 9.17) is 4.74 Å². The second-order valence-corrected chi connectivity index (χ2v) is 10.7. The topological polar surface area (TPSA) is 44.8 Å². The average molecular weight is 530 g/mol. The molecule has 38 heavy (non-hydrogen) atoms. The van der Waals surface area contributed by atoms with E-state index in [0.717, 1.165) is 35.0 Å². The van der Waals surface area contributed by atoms with E-state index in [0.29, 0.717) is 24.3 Å². The number of carbonyl (C=O) groups is 1. The summed E-state index contributed by atoms with van der Waals surface area (Å²) in [6.45, 7) is 7.16. The van der Waals surface area contributed by atoms with E-state index in [9.17, 15) is 9.18 Å². The minimum Gasteiger partial charge on any atom is -0.497 e. The summed E-state index contributed by atoms with van der Waals surface area (Å²) in [6.07, 6.45) is 0. The maximum Gasteiger partial charge on any atom is 0.256 e. The van der Waals surface area contributed by atoms with Crippen LogP contribution in [0.2, 0.25) is 0 Å². The number of hydrogen-bond acceptors (Lipinski definition) is 5. The van der Waals surface area contributed by atoms with E-state index in [1.807, 2.05) is 54.6 Å². The fraction of sp³-hybridized carbons (Fsp3) is 0.258. The molecule has 196 valence electrons. The molecule has 4 aromatic rings. The third-order valence-corrected chi connectivity index (χ3v) is 8.41. The summed E-state index contributed by atoms with van der Waals surface area (Å²) in [5, 5.41) is 4.08. The lowest BCUT2D eigenvalue weighted by Gasteiger charge is -2.41. The number of hydrogen-bond donors (Lipinski definition) is 1. The predicted octanol–water partition coefficient (Wildman–Crippen LogP) is 6.68. The van der Waals surface area contributed by atoms with Gasteiger partial charge >= 0.3 is 0 Å². The molecular weight excluding hydrogens is 497 g/mol. The van der Waals surface area contributed by atoms with Gasteiger partial charge in [-0.15, -0.1) is 11.3 Å². The first-order valence-electron chi connectivity index (χ1n) is 12.8. The summed E-state index contributed by atoms with van der Waals surface area (Å²) in [5.74, 6) is 0.488. The van der Waals surface area contributed by atoms with Crippen LogP contribution in [0.5, 0.6) is 5.75 Å². The van der Waals surface area contributed by atoms with Gasteiger partial charge in [0.1, 0.15) is 16.6 Å². The average Bonchev–Trinajstić information content (AvgIpc) is 3.22. The molecule has 0 spiro atoms. The van der Waals surface area contributed by atoms with Gasteiger partial charge in [0.25, 0.3) is 5.91 Å². The van der Waals surface area contributed by atoms with Crippen molar-refractivity contribution < 1.29 is 13.9 Å². The third kappa shape index (κ3) is 5.30. The number of anilines is 2. The summed E-state index contributed by atoms with van der Waals surface area (Å²) in [4.78, 5) is 18.9. The van der Waals surface area contributed by atoms with E-state index < -0.39 is 0 Å². The zero-order valence-corrected chi connectivity index (χ0v) is 22.7. The number of nitrogens with zero attached hydrogens (tertiary/aromatic N) is 2. The minimum absolute atomic E-state index is 0.0697. The highest BCUT2D eigenvalue weighted by Gasteiger charge is 2.32. The van der Waals surface area contributed by atoms with Crippen LogP contribution in [0.1, 0.15) is 38.0 Å². The molecule has 3 aromatic carbocycles. The number of nitrogens with one attached hydrogen (secondary N) is 1. The van der Waals surface area contributed by atoms with E-state index >= 15 is 0 Å². The number of aryl methyl sites for hydroxylation is 1. The van der Waals surface area contributed by atoms with Gasteiger partial charge < -0.3 is 15.0 Å². The number of para-hydroxylation sites is 1. The van der Waals surface area contributed by atoms with E-state index in [2.05, 4.69) is 41.1 Å². The van der Waals surface area contributed by atoms with Crippen LogP contribution in [0.15, 0.2) is 78.9 Å². The molecule has 1 fully saturated rings. The van der Waals surface area contributed by atoms with Gasteiger partial charge in [0, 0.05) is 42.2 Å². The molecule has 5 rings (SSSR count). The molecule has 1 aliphatic rings. The van der Waals surface area contributed by atoms with Gasteiger partial charge in [0.15, 0.2) is 0 Å². The number of halogens is 1. The molecular formula is C31H32FN3O2S. The van der Waals surface area contributed by atoms with Crippen LogP contribution in [-0.4, -0.2) is 44.1 Å². The lowest BCUT2D eigenvalue weighted by atomic mass is 9.94. The molecule has 7 heteroatoms. The van der Waals surface area contributed by atoms with Gasteiger partial charge in [0.05, 0.1) is 18.8 Å². The van der Waals surface area contributed by atoms with Crippen molar-refractivity contribution in [2.24, 2.45) is 0 Å². The van der Waals surface area contributed by atoms with Crippen molar-refractivity contribution in [2.45, 2.75) is 19.9 Å².